The number of rotatable bonds is 5. The molecule has 1 aromatic carbocycles. The molecule has 1 amide bonds. The molecule has 2 N–H and O–H groups in total. The van der Waals surface area contributed by atoms with Crippen molar-refractivity contribution in [2.45, 2.75) is 25.7 Å². The Morgan fingerprint density at radius 2 is 1.74 bits per heavy atom. The van der Waals surface area contributed by atoms with Gasteiger partial charge < -0.3 is 10.3 Å². The standard InChI is InChI=1S/C25H23N5O/c31-25(18-8-4-5-9-18)29-21-12-20(14-26-15-21)19-10-11-27-22(13-19)24-28-16-23(30-24)17-6-2-1-3-7-17/h1-3,6-7,10-16,18H,4-5,8-9H2,(H,28,30)(H,29,31). The van der Waals surface area contributed by atoms with Gasteiger partial charge in [-0.1, -0.05) is 43.2 Å². The van der Waals surface area contributed by atoms with Gasteiger partial charge >= 0.3 is 0 Å². The van der Waals surface area contributed by atoms with Crippen molar-refractivity contribution in [2.24, 2.45) is 5.92 Å². The van der Waals surface area contributed by atoms with Crippen LogP contribution in [0.5, 0.6) is 0 Å². The number of nitrogens with one attached hydrogen (secondary N) is 2. The molecule has 1 saturated carbocycles. The number of H-pyrrole nitrogens is 1. The summed E-state index contributed by atoms with van der Waals surface area (Å²) in [5.41, 5.74) is 5.38. The maximum Gasteiger partial charge on any atom is 0.227 e. The van der Waals surface area contributed by atoms with E-state index in [2.05, 4.69) is 25.3 Å². The number of imidazole rings is 1. The van der Waals surface area contributed by atoms with E-state index in [0.29, 0.717) is 5.82 Å². The lowest BCUT2D eigenvalue weighted by Gasteiger charge is -2.11. The molecule has 0 saturated heterocycles. The number of aromatic nitrogens is 4. The summed E-state index contributed by atoms with van der Waals surface area (Å²) < 4.78 is 0. The minimum atomic E-state index is 0.0934. The maximum atomic E-state index is 12.5. The Labute approximate surface area is 180 Å². The van der Waals surface area contributed by atoms with Crippen molar-refractivity contribution >= 4 is 11.6 Å². The zero-order chi connectivity index (χ0) is 21.0. The molecule has 0 atom stereocenters. The number of aromatic amines is 1. The predicted octanol–water partition coefficient (Wildman–Crippen LogP) is 5.33. The second-order valence-corrected chi connectivity index (χ2v) is 7.87. The first-order valence-electron chi connectivity index (χ1n) is 10.6. The van der Waals surface area contributed by atoms with Crippen molar-refractivity contribution in [1.82, 2.24) is 19.9 Å². The predicted molar refractivity (Wildman–Crippen MR) is 121 cm³/mol. The second kappa shape index (κ2) is 8.52. The fourth-order valence-electron chi connectivity index (χ4n) is 4.05. The number of pyridine rings is 2. The zero-order valence-corrected chi connectivity index (χ0v) is 17.1. The van der Waals surface area contributed by atoms with Crippen LogP contribution in [-0.2, 0) is 4.79 Å². The Morgan fingerprint density at radius 3 is 2.58 bits per heavy atom. The third-order valence-corrected chi connectivity index (χ3v) is 5.73. The molecule has 31 heavy (non-hydrogen) atoms. The molecule has 0 bridgehead atoms. The first-order valence-corrected chi connectivity index (χ1v) is 10.6. The molecular formula is C25H23N5O. The van der Waals surface area contributed by atoms with Crippen molar-refractivity contribution in [2.75, 3.05) is 5.32 Å². The van der Waals surface area contributed by atoms with Gasteiger partial charge in [-0.15, -0.1) is 0 Å². The van der Waals surface area contributed by atoms with Gasteiger partial charge in [0.2, 0.25) is 5.91 Å². The average Bonchev–Trinajstić information content (AvgIpc) is 3.53. The fraction of sp³-hybridized carbons (Fsp3) is 0.200. The molecular weight excluding hydrogens is 386 g/mol. The molecule has 1 fully saturated rings. The van der Waals surface area contributed by atoms with Crippen LogP contribution in [0.2, 0.25) is 0 Å². The molecule has 5 rings (SSSR count). The largest absolute Gasteiger partial charge is 0.337 e. The molecule has 3 aromatic heterocycles. The molecule has 154 valence electrons. The van der Waals surface area contributed by atoms with Crippen LogP contribution in [-0.4, -0.2) is 25.8 Å². The summed E-state index contributed by atoms with van der Waals surface area (Å²) >= 11 is 0. The SMILES string of the molecule is O=C(Nc1cncc(-c2ccnc(-c3ncc(-c4ccccc4)[nH]3)c2)c1)C1CCCC1. The Hall–Kier alpha value is -3.80. The van der Waals surface area contributed by atoms with Crippen LogP contribution in [0.4, 0.5) is 5.69 Å². The highest BCUT2D eigenvalue weighted by atomic mass is 16.1. The van der Waals surface area contributed by atoms with Crippen molar-refractivity contribution in [1.29, 1.82) is 0 Å². The monoisotopic (exact) mass is 409 g/mol. The summed E-state index contributed by atoms with van der Waals surface area (Å²) in [5.74, 6) is 0.921. The molecule has 0 aliphatic heterocycles. The summed E-state index contributed by atoms with van der Waals surface area (Å²) in [6.07, 6.45) is 11.3. The highest BCUT2D eigenvalue weighted by Crippen LogP contribution is 2.28. The van der Waals surface area contributed by atoms with Crippen LogP contribution >= 0.6 is 0 Å². The Kier molecular flexibility index (Phi) is 5.27. The third kappa shape index (κ3) is 4.23. The lowest BCUT2D eigenvalue weighted by atomic mass is 10.1. The zero-order valence-electron chi connectivity index (χ0n) is 17.1. The molecule has 1 aliphatic carbocycles. The van der Waals surface area contributed by atoms with E-state index in [4.69, 9.17) is 0 Å². The number of nitrogens with zero attached hydrogens (tertiary/aromatic N) is 3. The molecule has 6 nitrogen and oxygen atoms in total. The van der Waals surface area contributed by atoms with Crippen LogP contribution < -0.4 is 5.32 Å². The Balaban J connectivity index is 1.38. The van der Waals surface area contributed by atoms with E-state index < -0.39 is 0 Å². The number of carbonyl (C=O) groups excluding carboxylic acids is 1. The van der Waals surface area contributed by atoms with E-state index in [-0.39, 0.29) is 11.8 Å². The topological polar surface area (TPSA) is 83.6 Å². The second-order valence-electron chi connectivity index (χ2n) is 7.87. The van der Waals surface area contributed by atoms with Crippen LogP contribution in [0, 0.1) is 5.92 Å². The number of benzene rings is 1. The van der Waals surface area contributed by atoms with E-state index in [9.17, 15) is 4.79 Å². The third-order valence-electron chi connectivity index (χ3n) is 5.73. The van der Waals surface area contributed by atoms with Gasteiger partial charge in [0.25, 0.3) is 0 Å². The smallest absolute Gasteiger partial charge is 0.227 e. The van der Waals surface area contributed by atoms with E-state index >= 15 is 0 Å². The molecule has 6 heteroatoms. The molecule has 4 aromatic rings. The maximum absolute atomic E-state index is 12.5. The first-order chi connectivity index (χ1) is 15.3. The van der Waals surface area contributed by atoms with Crippen molar-refractivity contribution in [3.63, 3.8) is 0 Å². The van der Waals surface area contributed by atoms with E-state index in [1.807, 2.05) is 54.7 Å². The molecule has 0 unspecified atom stereocenters. The normalized spacial score (nSPS) is 13.9. The summed E-state index contributed by atoms with van der Waals surface area (Å²) in [4.78, 5) is 29.1. The lowest BCUT2D eigenvalue weighted by Crippen LogP contribution is -2.20. The van der Waals surface area contributed by atoms with Gasteiger partial charge in [0.15, 0.2) is 5.82 Å². The summed E-state index contributed by atoms with van der Waals surface area (Å²) in [7, 11) is 0. The molecule has 0 spiro atoms. The minimum absolute atomic E-state index is 0.0934. The van der Waals surface area contributed by atoms with Crippen LogP contribution in [0.15, 0.2) is 73.3 Å². The summed E-state index contributed by atoms with van der Waals surface area (Å²) in [6.45, 7) is 0. The number of hydrogen-bond donors (Lipinski definition) is 2. The van der Waals surface area contributed by atoms with Gasteiger partial charge in [-0.05, 0) is 42.2 Å². The van der Waals surface area contributed by atoms with E-state index in [0.717, 1.165) is 59.4 Å². The van der Waals surface area contributed by atoms with E-state index in [1.54, 1.807) is 18.6 Å². The van der Waals surface area contributed by atoms with Gasteiger partial charge in [-0.25, -0.2) is 4.98 Å². The summed E-state index contributed by atoms with van der Waals surface area (Å²) in [6, 6.07) is 15.9. The Bertz CT molecular complexity index is 1200. The van der Waals surface area contributed by atoms with Crippen molar-refractivity contribution in [3.8, 4) is 33.9 Å². The van der Waals surface area contributed by atoms with Crippen molar-refractivity contribution < 1.29 is 4.79 Å². The minimum Gasteiger partial charge on any atom is -0.337 e. The molecule has 3 heterocycles. The summed E-state index contributed by atoms with van der Waals surface area (Å²) in [5, 5.41) is 3.03. The van der Waals surface area contributed by atoms with Gasteiger partial charge in [0.05, 0.1) is 23.8 Å². The van der Waals surface area contributed by atoms with E-state index in [1.165, 1.54) is 0 Å². The fourth-order valence-corrected chi connectivity index (χ4v) is 4.05. The highest BCUT2D eigenvalue weighted by Gasteiger charge is 2.22. The van der Waals surface area contributed by atoms with Gasteiger partial charge in [-0.3, -0.25) is 14.8 Å². The van der Waals surface area contributed by atoms with Crippen molar-refractivity contribution in [3.05, 3.63) is 73.3 Å². The van der Waals surface area contributed by atoms with Crippen LogP contribution in [0.25, 0.3) is 33.9 Å². The van der Waals surface area contributed by atoms with Gasteiger partial charge in [-0.2, -0.15) is 0 Å². The number of amides is 1. The number of anilines is 1. The molecule has 1 aliphatic rings. The lowest BCUT2D eigenvalue weighted by molar-refractivity contribution is -0.119. The number of carbonyl (C=O) groups is 1. The average molecular weight is 409 g/mol. The molecule has 0 radical (unpaired) electrons. The van der Waals surface area contributed by atoms with Gasteiger partial charge in [0, 0.05) is 23.9 Å². The quantitative estimate of drug-likeness (QED) is 0.467. The van der Waals surface area contributed by atoms with Crippen LogP contribution in [0.3, 0.4) is 0 Å². The Morgan fingerprint density at radius 1 is 0.903 bits per heavy atom. The number of hydrogen-bond acceptors (Lipinski definition) is 4. The van der Waals surface area contributed by atoms with Crippen LogP contribution in [0.1, 0.15) is 25.7 Å². The highest BCUT2D eigenvalue weighted by molar-refractivity contribution is 5.93. The first kappa shape index (κ1) is 19.2. The van der Waals surface area contributed by atoms with Gasteiger partial charge in [0.1, 0.15) is 5.69 Å².